The van der Waals surface area contributed by atoms with Gasteiger partial charge in [0.1, 0.15) is 23.0 Å². The number of hydrogen-bond acceptors (Lipinski definition) is 8. The molecule has 1 saturated heterocycles. The van der Waals surface area contributed by atoms with Gasteiger partial charge in [-0.25, -0.2) is 0 Å². The molecule has 1 heterocycles. The summed E-state index contributed by atoms with van der Waals surface area (Å²) in [7, 11) is 0. The molecule has 0 saturated carbocycles. The highest BCUT2D eigenvalue weighted by molar-refractivity contribution is 6.01. The lowest BCUT2D eigenvalue weighted by Crippen LogP contribution is -2.27. The molecule has 4 aromatic rings. The second-order valence-electron chi connectivity index (χ2n) is 11.7. The van der Waals surface area contributed by atoms with E-state index in [9.17, 15) is 24.5 Å². The number of anilines is 1. The van der Waals surface area contributed by atoms with E-state index in [1.54, 1.807) is 36.4 Å². The second-order valence-corrected chi connectivity index (χ2v) is 11.7. The van der Waals surface area contributed by atoms with Gasteiger partial charge in [0.15, 0.2) is 12.4 Å². The van der Waals surface area contributed by atoms with E-state index >= 15 is 0 Å². The van der Waals surface area contributed by atoms with Crippen LogP contribution in [0.1, 0.15) is 43.1 Å². The molecule has 0 radical (unpaired) electrons. The van der Waals surface area contributed by atoms with E-state index in [0.29, 0.717) is 34.2 Å². The molecule has 1 aliphatic rings. The number of nitro groups is 1. The van der Waals surface area contributed by atoms with Gasteiger partial charge >= 0.3 is 5.97 Å². The maximum Gasteiger partial charge on any atom is 0.311 e. The molecular weight excluding hydrogens is 576 g/mol. The number of Topliss-reactive ketones (excluding diaryl/α,β-unsaturated/α-hetero) is 1. The zero-order chi connectivity index (χ0) is 32.1. The number of nitro benzene ring substituents is 1. The summed E-state index contributed by atoms with van der Waals surface area (Å²) >= 11 is 0. The van der Waals surface area contributed by atoms with Gasteiger partial charge in [0.05, 0.1) is 10.8 Å². The summed E-state index contributed by atoms with van der Waals surface area (Å²) in [6.45, 7) is 6.13. The van der Waals surface area contributed by atoms with Crippen molar-refractivity contribution in [3.63, 3.8) is 0 Å². The van der Waals surface area contributed by atoms with Crippen LogP contribution in [0, 0.1) is 16.0 Å². The molecule has 0 bridgehead atoms. The van der Waals surface area contributed by atoms with E-state index in [2.05, 4.69) is 20.8 Å². The van der Waals surface area contributed by atoms with Crippen LogP contribution in [0.4, 0.5) is 11.4 Å². The number of carbonyl (C=O) groups excluding carboxylic acids is 3. The third-order valence-corrected chi connectivity index (χ3v) is 7.37. The van der Waals surface area contributed by atoms with Crippen molar-refractivity contribution in [3.8, 4) is 23.0 Å². The molecule has 4 aromatic carbocycles. The Bertz CT molecular complexity index is 1690. The van der Waals surface area contributed by atoms with E-state index in [1.807, 2.05) is 24.3 Å². The van der Waals surface area contributed by atoms with Crippen LogP contribution in [0.15, 0.2) is 97.1 Å². The summed E-state index contributed by atoms with van der Waals surface area (Å²) in [5, 5.41) is 10.8. The highest BCUT2D eigenvalue weighted by Crippen LogP contribution is 2.31. The van der Waals surface area contributed by atoms with E-state index in [1.165, 1.54) is 46.9 Å². The second kappa shape index (κ2) is 13.0. The molecule has 0 aromatic heterocycles. The summed E-state index contributed by atoms with van der Waals surface area (Å²) in [5.41, 5.74) is 2.16. The van der Waals surface area contributed by atoms with Crippen molar-refractivity contribution in [1.82, 2.24) is 0 Å². The van der Waals surface area contributed by atoms with Crippen LogP contribution in [0.25, 0.3) is 0 Å². The normalized spacial score (nSPS) is 14.6. The summed E-state index contributed by atoms with van der Waals surface area (Å²) < 4.78 is 16.9. The first-order valence-electron chi connectivity index (χ1n) is 14.4. The summed E-state index contributed by atoms with van der Waals surface area (Å²) in [6, 6.07) is 26.8. The van der Waals surface area contributed by atoms with Gasteiger partial charge < -0.3 is 19.1 Å². The lowest BCUT2D eigenvalue weighted by molar-refractivity contribution is -0.384. The molecule has 0 unspecified atom stereocenters. The number of hydrogen-bond donors (Lipinski definition) is 0. The smallest absolute Gasteiger partial charge is 0.311 e. The van der Waals surface area contributed by atoms with Crippen molar-refractivity contribution in [2.45, 2.75) is 32.6 Å². The van der Waals surface area contributed by atoms with Crippen molar-refractivity contribution in [1.29, 1.82) is 0 Å². The molecule has 10 nitrogen and oxygen atoms in total. The van der Waals surface area contributed by atoms with Gasteiger partial charge in [-0.05, 0) is 83.8 Å². The van der Waals surface area contributed by atoms with Gasteiger partial charge in [0.2, 0.25) is 5.91 Å². The maximum atomic E-state index is 12.7. The van der Waals surface area contributed by atoms with Crippen molar-refractivity contribution in [3.05, 3.63) is 118 Å². The standard InChI is InChI=1S/C35H32N2O8/c1-35(2,3)25-6-14-29(15-7-25)45-30-16-8-26(9-17-30)36-21-24(20-33(36)39)34(40)43-22-32(38)23-4-12-28(13-5-23)44-31-18-10-27(11-19-31)37(41)42/h4-19,24H,20-22H2,1-3H3/t24-/m1/s1. The molecule has 0 N–H and O–H groups in total. The lowest BCUT2D eigenvalue weighted by Gasteiger charge is -2.19. The van der Waals surface area contributed by atoms with Crippen LogP contribution >= 0.6 is 0 Å². The largest absolute Gasteiger partial charge is 0.457 e. The minimum Gasteiger partial charge on any atom is -0.457 e. The van der Waals surface area contributed by atoms with E-state index in [-0.39, 0.29) is 30.0 Å². The number of esters is 1. The van der Waals surface area contributed by atoms with Crippen LogP contribution in [0.3, 0.4) is 0 Å². The molecule has 0 spiro atoms. The van der Waals surface area contributed by atoms with Crippen LogP contribution in [0.2, 0.25) is 0 Å². The minimum atomic E-state index is -0.694. The van der Waals surface area contributed by atoms with E-state index < -0.39 is 29.2 Å². The third kappa shape index (κ3) is 7.72. The van der Waals surface area contributed by atoms with Crippen LogP contribution in [-0.2, 0) is 19.7 Å². The van der Waals surface area contributed by atoms with Gasteiger partial charge in [0.25, 0.3) is 5.69 Å². The average molecular weight is 609 g/mol. The number of amides is 1. The fraction of sp³-hybridized carbons (Fsp3) is 0.229. The number of nitrogens with zero attached hydrogens (tertiary/aromatic N) is 2. The lowest BCUT2D eigenvalue weighted by atomic mass is 9.87. The highest BCUT2D eigenvalue weighted by Gasteiger charge is 2.36. The van der Waals surface area contributed by atoms with Crippen LogP contribution in [-0.4, -0.2) is 35.7 Å². The van der Waals surface area contributed by atoms with Gasteiger partial charge in [-0.3, -0.25) is 24.5 Å². The molecule has 1 atom stereocenters. The molecule has 10 heteroatoms. The SMILES string of the molecule is CC(C)(C)c1ccc(Oc2ccc(N3C[C@H](C(=O)OCC(=O)c4ccc(Oc5ccc([N+](=O)[O-])cc5)cc4)CC3=O)cc2)cc1. The quantitative estimate of drug-likeness (QED) is 0.0797. The van der Waals surface area contributed by atoms with Crippen molar-refractivity contribution >= 4 is 29.0 Å². The molecule has 5 rings (SSSR count). The van der Waals surface area contributed by atoms with Gasteiger partial charge in [0, 0.05) is 36.3 Å². The zero-order valence-electron chi connectivity index (χ0n) is 25.1. The Morgan fingerprint density at radius 3 is 1.80 bits per heavy atom. The van der Waals surface area contributed by atoms with Crippen LogP contribution in [0.5, 0.6) is 23.0 Å². The fourth-order valence-electron chi connectivity index (χ4n) is 4.79. The van der Waals surface area contributed by atoms with Crippen molar-refractivity contribution in [2.75, 3.05) is 18.1 Å². The zero-order valence-corrected chi connectivity index (χ0v) is 25.1. The first-order chi connectivity index (χ1) is 21.5. The van der Waals surface area contributed by atoms with Gasteiger partial charge in [-0.1, -0.05) is 32.9 Å². The molecule has 1 amide bonds. The number of benzene rings is 4. The number of non-ortho nitro benzene ring substituents is 1. The summed E-state index contributed by atoms with van der Waals surface area (Å²) in [6.07, 6.45) is -0.0138. The van der Waals surface area contributed by atoms with Gasteiger partial charge in [-0.15, -0.1) is 0 Å². The van der Waals surface area contributed by atoms with Crippen molar-refractivity contribution < 1.29 is 33.5 Å². The monoisotopic (exact) mass is 608 g/mol. The van der Waals surface area contributed by atoms with Crippen molar-refractivity contribution in [2.24, 2.45) is 5.92 Å². The van der Waals surface area contributed by atoms with Gasteiger partial charge in [-0.2, -0.15) is 0 Å². The third-order valence-electron chi connectivity index (χ3n) is 7.37. The minimum absolute atomic E-state index is 0.0138. The number of ether oxygens (including phenoxy) is 3. The first-order valence-corrected chi connectivity index (χ1v) is 14.4. The first kappa shape index (κ1) is 30.9. The summed E-state index contributed by atoms with van der Waals surface area (Å²) in [4.78, 5) is 49.9. The molecule has 0 aliphatic carbocycles. The Labute approximate surface area is 260 Å². The number of carbonyl (C=O) groups is 3. The predicted octanol–water partition coefficient (Wildman–Crippen LogP) is 7.26. The molecule has 45 heavy (non-hydrogen) atoms. The Kier molecular flexibility index (Phi) is 8.94. The number of rotatable bonds is 10. The van der Waals surface area contributed by atoms with E-state index in [4.69, 9.17) is 14.2 Å². The Morgan fingerprint density at radius 1 is 0.800 bits per heavy atom. The Morgan fingerprint density at radius 2 is 1.29 bits per heavy atom. The Hall–Kier alpha value is -5.51. The average Bonchev–Trinajstić information content (AvgIpc) is 3.42. The Balaban J connectivity index is 1.10. The van der Waals surface area contributed by atoms with E-state index in [0.717, 1.165) is 0 Å². The maximum absolute atomic E-state index is 12.7. The molecule has 1 aliphatic heterocycles. The predicted molar refractivity (Wildman–Crippen MR) is 167 cm³/mol. The summed E-state index contributed by atoms with van der Waals surface area (Å²) in [5.74, 6) is 0.229. The molecular formula is C35H32N2O8. The topological polar surface area (TPSA) is 125 Å². The van der Waals surface area contributed by atoms with Crippen LogP contribution < -0.4 is 14.4 Å². The highest BCUT2D eigenvalue weighted by atomic mass is 16.6. The fourth-order valence-corrected chi connectivity index (χ4v) is 4.79. The molecule has 230 valence electrons. The number of ketones is 1. The molecule has 1 fully saturated rings.